The van der Waals surface area contributed by atoms with Crippen LogP contribution in [0.4, 0.5) is 11.4 Å². The van der Waals surface area contributed by atoms with Gasteiger partial charge in [-0.3, -0.25) is 14.5 Å². The van der Waals surface area contributed by atoms with Crippen LogP contribution in [0.5, 0.6) is 0 Å². The molecule has 2 rings (SSSR count). The maximum Gasteiger partial charge on any atom is 0.340 e. The normalized spacial score (nSPS) is 14.5. The van der Waals surface area contributed by atoms with Gasteiger partial charge in [0.05, 0.1) is 40.9 Å². The van der Waals surface area contributed by atoms with Gasteiger partial charge >= 0.3 is 5.97 Å². The zero-order valence-electron chi connectivity index (χ0n) is 15.4. The molecule has 1 aliphatic heterocycles. The van der Waals surface area contributed by atoms with Crippen LogP contribution in [-0.4, -0.2) is 62.1 Å². The van der Waals surface area contributed by atoms with E-state index in [-0.39, 0.29) is 18.4 Å². The molecule has 0 aliphatic carbocycles. The van der Waals surface area contributed by atoms with E-state index in [1.54, 1.807) is 0 Å². The molecule has 1 aliphatic rings. The number of hydrogen-bond acceptors (Lipinski definition) is 6. The van der Waals surface area contributed by atoms with Gasteiger partial charge < -0.3 is 20.1 Å². The summed E-state index contributed by atoms with van der Waals surface area (Å²) in [4.78, 5) is 38.2. The number of anilines is 2. The lowest BCUT2D eigenvalue weighted by Gasteiger charge is -2.26. The maximum absolute atomic E-state index is 12.8. The van der Waals surface area contributed by atoms with Crippen LogP contribution in [0.1, 0.15) is 24.2 Å². The molecule has 1 heterocycles. The Kier molecular flexibility index (Phi) is 9.62. The van der Waals surface area contributed by atoms with E-state index in [0.717, 1.165) is 13.1 Å². The van der Waals surface area contributed by atoms with Crippen molar-refractivity contribution in [3.63, 3.8) is 0 Å². The van der Waals surface area contributed by atoms with E-state index in [1.165, 1.54) is 13.8 Å². The van der Waals surface area contributed by atoms with Gasteiger partial charge in [0.1, 0.15) is 6.61 Å². The first kappa shape index (κ1) is 24.0. The van der Waals surface area contributed by atoms with E-state index < -0.39 is 5.97 Å². The van der Waals surface area contributed by atoms with E-state index in [4.69, 9.17) is 9.47 Å². The Bertz CT molecular complexity index is 739. The third-order valence-electron chi connectivity index (χ3n) is 3.87. The van der Waals surface area contributed by atoms with Crippen molar-refractivity contribution in [3.8, 4) is 0 Å². The Morgan fingerprint density at radius 1 is 0.964 bits per heavy atom. The van der Waals surface area contributed by atoms with Crippen molar-refractivity contribution in [2.75, 3.05) is 50.1 Å². The van der Waals surface area contributed by atoms with Crippen molar-refractivity contribution in [1.29, 1.82) is 0 Å². The molecule has 154 valence electrons. The number of ether oxygens (including phenoxy) is 2. The second kappa shape index (κ2) is 11.2. The predicted octanol–water partition coefficient (Wildman–Crippen LogP) is 2.91. The number of hydrogen-bond donors (Lipinski definition) is 2. The molecular formula is C17H20I3N3O5. The summed E-state index contributed by atoms with van der Waals surface area (Å²) in [6.07, 6.45) is 0. The van der Waals surface area contributed by atoms with Crippen LogP contribution in [0, 0.1) is 10.7 Å². The van der Waals surface area contributed by atoms with Crippen LogP contribution in [0.25, 0.3) is 0 Å². The minimum absolute atomic E-state index is 0.252. The van der Waals surface area contributed by atoms with E-state index in [9.17, 15) is 14.4 Å². The fourth-order valence-corrected chi connectivity index (χ4v) is 6.73. The molecule has 28 heavy (non-hydrogen) atoms. The standard InChI is InChI=1S/C17H20I3N3O5/c1-9(24)21-15-12(18)11(13(19)16(14(15)20)22-10(2)25)17(26)28-8-5-23-3-6-27-7-4-23/h3-8H2,1-2H3,(H,21,24)(H,22,25). The molecule has 1 saturated heterocycles. The zero-order valence-corrected chi connectivity index (χ0v) is 21.8. The summed E-state index contributed by atoms with van der Waals surface area (Å²) in [6, 6.07) is 0. The zero-order chi connectivity index (χ0) is 20.8. The number of morpholine rings is 1. The lowest BCUT2D eigenvalue weighted by Crippen LogP contribution is -2.38. The highest BCUT2D eigenvalue weighted by Gasteiger charge is 2.26. The average Bonchev–Trinajstić information content (AvgIpc) is 2.63. The van der Waals surface area contributed by atoms with Gasteiger partial charge in [-0.1, -0.05) is 0 Å². The molecule has 0 radical (unpaired) electrons. The number of amides is 2. The monoisotopic (exact) mass is 727 g/mol. The average molecular weight is 727 g/mol. The summed E-state index contributed by atoms with van der Waals surface area (Å²) in [5, 5.41) is 5.49. The molecule has 1 fully saturated rings. The summed E-state index contributed by atoms with van der Waals surface area (Å²) >= 11 is 6.09. The van der Waals surface area contributed by atoms with Gasteiger partial charge in [0.25, 0.3) is 0 Å². The van der Waals surface area contributed by atoms with Crippen molar-refractivity contribution < 1.29 is 23.9 Å². The number of halogens is 3. The van der Waals surface area contributed by atoms with Crippen LogP contribution < -0.4 is 10.6 Å². The van der Waals surface area contributed by atoms with Crippen molar-refractivity contribution >= 4 is 96.9 Å². The van der Waals surface area contributed by atoms with Crippen LogP contribution in [-0.2, 0) is 19.1 Å². The molecule has 1 aromatic rings. The van der Waals surface area contributed by atoms with Gasteiger partial charge in [-0.15, -0.1) is 0 Å². The third kappa shape index (κ3) is 6.37. The number of benzene rings is 1. The summed E-state index contributed by atoms with van der Waals surface area (Å²) in [5.74, 6) is -1.02. The molecule has 1 aromatic carbocycles. The van der Waals surface area contributed by atoms with Crippen LogP contribution >= 0.6 is 67.8 Å². The minimum Gasteiger partial charge on any atom is -0.461 e. The van der Waals surface area contributed by atoms with Crippen molar-refractivity contribution in [2.24, 2.45) is 0 Å². The number of nitrogens with one attached hydrogen (secondary N) is 2. The largest absolute Gasteiger partial charge is 0.461 e. The minimum atomic E-state index is -0.489. The molecular weight excluding hydrogens is 707 g/mol. The highest BCUT2D eigenvalue weighted by molar-refractivity contribution is 14.1. The summed E-state index contributed by atoms with van der Waals surface area (Å²) in [5.41, 5.74) is 1.30. The smallest absolute Gasteiger partial charge is 0.340 e. The lowest BCUT2D eigenvalue weighted by molar-refractivity contribution is -0.115. The first-order valence-electron chi connectivity index (χ1n) is 8.45. The number of esters is 1. The Balaban J connectivity index is 2.28. The summed E-state index contributed by atoms with van der Waals surface area (Å²) in [7, 11) is 0. The van der Waals surface area contributed by atoms with Crippen LogP contribution in [0.3, 0.4) is 0 Å². The van der Waals surface area contributed by atoms with Gasteiger partial charge in [0, 0.05) is 33.5 Å². The van der Waals surface area contributed by atoms with E-state index in [2.05, 4.69) is 15.5 Å². The Labute approximate surface area is 204 Å². The Morgan fingerprint density at radius 3 is 1.93 bits per heavy atom. The fourth-order valence-electron chi connectivity index (χ4n) is 2.58. The topological polar surface area (TPSA) is 97.0 Å². The first-order valence-corrected chi connectivity index (χ1v) is 11.7. The van der Waals surface area contributed by atoms with Crippen molar-refractivity contribution in [2.45, 2.75) is 13.8 Å². The first-order chi connectivity index (χ1) is 13.2. The maximum atomic E-state index is 12.8. The third-order valence-corrected chi connectivity index (χ3v) is 7.10. The van der Waals surface area contributed by atoms with Gasteiger partial charge in [-0.25, -0.2) is 4.79 Å². The SMILES string of the molecule is CC(=O)Nc1c(I)c(NC(C)=O)c(I)c(C(=O)OCCN2CCOCC2)c1I. The van der Waals surface area contributed by atoms with Gasteiger partial charge in [0.15, 0.2) is 0 Å². The van der Waals surface area contributed by atoms with Crippen molar-refractivity contribution in [1.82, 2.24) is 4.90 Å². The molecule has 2 amide bonds. The van der Waals surface area contributed by atoms with E-state index >= 15 is 0 Å². The van der Waals surface area contributed by atoms with Gasteiger partial charge in [-0.2, -0.15) is 0 Å². The molecule has 11 heteroatoms. The summed E-state index contributed by atoms with van der Waals surface area (Å²) < 4.78 is 12.6. The second-order valence-electron chi connectivity index (χ2n) is 6.02. The number of carbonyl (C=O) groups excluding carboxylic acids is 3. The second-order valence-corrected chi connectivity index (χ2v) is 9.26. The highest BCUT2D eigenvalue weighted by atomic mass is 127. The van der Waals surface area contributed by atoms with Gasteiger partial charge in [-0.05, 0) is 67.8 Å². The van der Waals surface area contributed by atoms with E-state index in [0.29, 0.717) is 47.4 Å². The fraction of sp³-hybridized carbons (Fsp3) is 0.471. The van der Waals surface area contributed by atoms with Crippen molar-refractivity contribution in [3.05, 3.63) is 16.3 Å². The number of carbonyl (C=O) groups is 3. The molecule has 0 saturated carbocycles. The Hall–Kier alpha value is -0.260. The highest BCUT2D eigenvalue weighted by Crippen LogP contribution is 2.39. The number of rotatable bonds is 6. The van der Waals surface area contributed by atoms with Crippen LogP contribution in [0.2, 0.25) is 0 Å². The molecule has 0 spiro atoms. The molecule has 0 aromatic heterocycles. The molecule has 0 bridgehead atoms. The molecule has 0 unspecified atom stereocenters. The number of nitrogens with zero attached hydrogens (tertiary/aromatic N) is 1. The quantitative estimate of drug-likeness (QED) is 0.346. The Morgan fingerprint density at radius 2 is 1.46 bits per heavy atom. The molecule has 0 atom stereocenters. The van der Waals surface area contributed by atoms with Gasteiger partial charge in [0.2, 0.25) is 11.8 Å². The summed E-state index contributed by atoms with van der Waals surface area (Å²) in [6.45, 7) is 6.66. The molecule has 2 N–H and O–H groups in total. The lowest BCUT2D eigenvalue weighted by atomic mass is 10.1. The predicted molar refractivity (Wildman–Crippen MR) is 131 cm³/mol. The van der Waals surface area contributed by atoms with Crippen LogP contribution in [0.15, 0.2) is 0 Å². The van der Waals surface area contributed by atoms with E-state index in [1.807, 2.05) is 67.8 Å². The molecule has 8 nitrogen and oxygen atoms in total.